The number of hydrogen-bond donors (Lipinski definition) is 3. The smallest absolute Gasteiger partial charge is 0.378 e. The SMILES string of the molecule is CCCCCCCCC1CCC2C3CC=C4C[C@@H](OCCC(OP(=O)(O)O)[C@@H]5C=C[C@H](n6cc(C)c(=O)[nH]c6=O)O5)CCC4(C)C3CCC12C. The van der Waals surface area contributed by atoms with Gasteiger partial charge in [0, 0.05) is 24.8 Å². The maximum absolute atomic E-state index is 12.4. The van der Waals surface area contributed by atoms with E-state index in [1.807, 2.05) is 0 Å². The van der Waals surface area contributed by atoms with E-state index < -0.39 is 37.5 Å². The highest BCUT2D eigenvalue weighted by Gasteiger charge is 2.58. The Morgan fingerprint density at radius 2 is 1.82 bits per heavy atom. The monoisotopic (exact) mass is 716 g/mol. The lowest BCUT2D eigenvalue weighted by atomic mass is 9.47. The number of rotatable bonds is 15. The lowest BCUT2D eigenvalue weighted by Crippen LogP contribution is -2.50. The predicted octanol–water partition coefficient (Wildman–Crippen LogP) is 7.88. The summed E-state index contributed by atoms with van der Waals surface area (Å²) < 4.78 is 30.7. The first kappa shape index (κ1) is 37.9. The summed E-state index contributed by atoms with van der Waals surface area (Å²) >= 11 is 0. The Hall–Kier alpha value is -1.81. The van der Waals surface area contributed by atoms with Gasteiger partial charge >= 0.3 is 13.5 Å². The summed E-state index contributed by atoms with van der Waals surface area (Å²) in [4.78, 5) is 45.8. The van der Waals surface area contributed by atoms with Crippen LogP contribution in [0, 0.1) is 41.4 Å². The zero-order valence-electron chi connectivity index (χ0n) is 30.7. The van der Waals surface area contributed by atoms with Crippen molar-refractivity contribution in [3.63, 3.8) is 0 Å². The molecule has 0 amide bonds. The molecule has 4 aliphatic carbocycles. The fourth-order valence-corrected chi connectivity index (χ4v) is 11.5. The largest absolute Gasteiger partial charge is 0.469 e. The molecule has 1 aliphatic heterocycles. The number of ether oxygens (including phenoxy) is 2. The summed E-state index contributed by atoms with van der Waals surface area (Å²) in [6.45, 7) is 9.32. The van der Waals surface area contributed by atoms with Gasteiger partial charge in [0.25, 0.3) is 5.56 Å². The molecular formula is C39H61N2O8P. The van der Waals surface area contributed by atoms with Gasteiger partial charge in [-0.05, 0) is 105 Å². The fraction of sp³-hybridized carbons (Fsp3) is 0.795. The Labute approximate surface area is 297 Å². The number of hydrogen-bond acceptors (Lipinski definition) is 6. The van der Waals surface area contributed by atoms with Gasteiger partial charge < -0.3 is 19.3 Å². The molecule has 0 aromatic carbocycles. The number of H-pyrrole nitrogens is 1. The number of aromatic nitrogens is 2. The molecule has 0 radical (unpaired) electrons. The van der Waals surface area contributed by atoms with Crippen LogP contribution in [0.1, 0.15) is 135 Å². The molecule has 1 aromatic heterocycles. The average Bonchev–Trinajstić information content (AvgIpc) is 3.68. The number of unbranched alkanes of at least 4 members (excludes halogenated alkanes) is 5. The van der Waals surface area contributed by atoms with Gasteiger partial charge in [-0.1, -0.05) is 77.0 Å². The molecular weight excluding hydrogens is 655 g/mol. The fourth-order valence-electron chi connectivity index (χ4n) is 10.9. The number of nitrogens with zero attached hydrogens (tertiary/aromatic N) is 1. The molecule has 0 bridgehead atoms. The van der Waals surface area contributed by atoms with E-state index in [0.29, 0.717) is 11.0 Å². The first-order valence-corrected chi connectivity index (χ1v) is 21.1. The Balaban J connectivity index is 1.03. The Morgan fingerprint density at radius 1 is 1.04 bits per heavy atom. The minimum Gasteiger partial charge on any atom is -0.378 e. The van der Waals surface area contributed by atoms with E-state index in [9.17, 15) is 23.9 Å². The van der Waals surface area contributed by atoms with Crippen LogP contribution in [0.5, 0.6) is 0 Å². The summed E-state index contributed by atoms with van der Waals surface area (Å²) in [5.41, 5.74) is 1.53. The van der Waals surface area contributed by atoms with Crippen molar-refractivity contribution in [2.45, 2.75) is 155 Å². The van der Waals surface area contributed by atoms with Crippen LogP contribution in [0.2, 0.25) is 0 Å². The van der Waals surface area contributed by atoms with Crippen molar-refractivity contribution in [2.75, 3.05) is 6.61 Å². The van der Waals surface area contributed by atoms with Crippen molar-refractivity contribution in [3.8, 4) is 0 Å². The normalized spacial score (nSPS) is 35.7. The van der Waals surface area contributed by atoms with Crippen LogP contribution >= 0.6 is 7.82 Å². The second-order valence-corrected chi connectivity index (χ2v) is 17.8. The minimum atomic E-state index is -4.83. The van der Waals surface area contributed by atoms with E-state index in [2.05, 4.69) is 31.8 Å². The minimum absolute atomic E-state index is 0.0547. The second-order valence-electron chi connectivity index (χ2n) is 16.6. The number of fused-ring (bicyclic) bond motifs is 5. The maximum Gasteiger partial charge on any atom is 0.469 e. The Morgan fingerprint density at radius 3 is 2.60 bits per heavy atom. The van der Waals surface area contributed by atoms with Crippen molar-refractivity contribution >= 4 is 7.82 Å². The molecule has 3 saturated carbocycles. The zero-order valence-corrected chi connectivity index (χ0v) is 31.6. The molecule has 5 aliphatic rings. The van der Waals surface area contributed by atoms with Gasteiger partial charge in [0.1, 0.15) is 12.2 Å². The molecule has 6 rings (SSSR count). The van der Waals surface area contributed by atoms with E-state index in [4.69, 9.17) is 14.0 Å². The third kappa shape index (κ3) is 8.06. The summed E-state index contributed by atoms with van der Waals surface area (Å²) in [6, 6.07) is 0. The molecule has 280 valence electrons. The summed E-state index contributed by atoms with van der Waals surface area (Å²) in [6.07, 6.45) is 24.3. The number of aromatic amines is 1. The molecule has 7 unspecified atom stereocenters. The van der Waals surface area contributed by atoms with Crippen LogP contribution in [0.25, 0.3) is 0 Å². The summed E-state index contributed by atoms with van der Waals surface area (Å²) in [5, 5.41) is 0. The number of allylic oxidation sites excluding steroid dienone is 1. The zero-order chi connectivity index (χ0) is 35.7. The lowest BCUT2D eigenvalue weighted by molar-refractivity contribution is -0.0719. The van der Waals surface area contributed by atoms with Crippen molar-refractivity contribution < 1.29 is 28.3 Å². The van der Waals surface area contributed by atoms with Crippen molar-refractivity contribution in [2.24, 2.45) is 34.5 Å². The molecule has 1 aromatic rings. The van der Waals surface area contributed by atoms with Crippen molar-refractivity contribution in [1.82, 2.24) is 9.55 Å². The predicted molar refractivity (Wildman–Crippen MR) is 194 cm³/mol. The molecule has 10 atom stereocenters. The highest BCUT2D eigenvalue weighted by atomic mass is 31.2. The van der Waals surface area contributed by atoms with Crippen LogP contribution in [-0.2, 0) is 18.6 Å². The van der Waals surface area contributed by atoms with Crippen molar-refractivity contribution in [3.05, 3.63) is 56.4 Å². The van der Waals surface area contributed by atoms with E-state index >= 15 is 0 Å². The second kappa shape index (κ2) is 15.7. The van der Waals surface area contributed by atoms with Crippen LogP contribution in [0.4, 0.5) is 0 Å². The summed E-state index contributed by atoms with van der Waals surface area (Å²) in [5.74, 6) is 3.28. The van der Waals surface area contributed by atoms with Gasteiger partial charge in [-0.25, -0.2) is 9.36 Å². The van der Waals surface area contributed by atoms with Crippen LogP contribution < -0.4 is 11.2 Å². The first-order valence-electron chi connectivity index (χ1n) is 19.5. The van der Waals surface area contributed by atoms with Gasteiger partial charge in [0.2, 0.25) is 0 Å². The van der Waals surface area contributed by atoms with Gasteiger partial charge in [-0.3, -0.25) is 18.9 Å². The third-order valence-corrected chi connectivity index (χ3v) is 14.3. The number of nitrogens with one attached hydrogen (secondary N) is 1. The van der Waals surface area contributed by atoms with Crippen LogP contribution in [-0.4, -0.2) is 44.3 Å². The quantitative estimate of drug-likeness (QED) is 0.0947. The molecule has 3 N–H and O–H groups in total. The van der Waals surface area contributed by atoms with E-state index in [1.165, 1.54) is 87.8 Å². The number of aryl methyl sites for hydroxylation is 1. The van der Waals surface area contributed by atoms with E-state index in [1.54, 1.807) is 24.6 Å². The molecule has 0 saturated heterocycles. The maximum atomic E-state index is 12.4. The molecule has 10 nitrogen and oxygen atoms in total. The van der Waals surface area contributed by atoms with E-state index in [-0.39, 0.29) is 24.5 Å². The molecule has 11 heteroatoms. The summed E-state index contributed by atoms with van der Waals surface area (Å²) in [7, 11) is -4.83. The van der Waals surface area contributed by atoms with Gasteiger partial charge in [-0.15, -0.1) is 0 Å². The van der Waals surface area contributed by atoms with Gasteiger partial charge in [0.05, 0.1) is 6.10 Å². The first-order chi connectivity index (χ1) is 23.8. The highest BCUT2D eigenvalue weighted by molar-refractivity contribution is 7.46. The molecule has 3 fully saturated rings. The van der Waals surface area contributed by atoms with Crippen LogP contribution in [0.3, 0.4) is 0 Å². The standard InChI is InChI=1S/C39H61N2O8P/c1-5-6-7-8-9-10-11-27-13-15-31-30-14-12-28-24-29(18-21-39(28,4)32(30)19-22-38(27,31)3)47-23-20-34(49-50(44,45)46)33-16-17-35(48-33)41-25-26(2)36(42)40-37(41)43/h12,16-17,25,27,29-35H,5-11,13-15,18-24H2,1-4H3,(H,40,42,43)(H2,44,45,46)/t27?,29-,30?,31?,32?,33-,34?,35+,38?,39?/m0/s1. The Bertz CT molecular complexity index is 1560. The average molecular weight is 717 g/mol. The van der Waals surface area contributed by atoms with Crippen LogP contribution in [0.15, 0.2) is 39.6 Å². The number of phosphoric acid groups is 1. The van der Waals surface area contributed by atoms with Crippen molar-refractivity contribution in [1.29, 1.82) is 0 Å². The molecule has 0 spiro atoms. The van der Waals surface area contributed by atoms with E-state index in [0.717, 1.165) is 42.9 Å². The Kier molecular flexibility index (Phi) is 11.9. The molecule has 50 heavy (non-hydrogen) atoms. The topological polar surface area (TPSA) is 140 Å². The third-order valence-electron chi connectivity index (χ3n) is 13.7. The van der Waals surface area contributed by atoms with Gasteiger partial charge in [0.15, 0.2) is 6.23 Å². The molecule has 2 heterocycles. The lowest BCUT2D eigenvalue weighted by Gasteiger charge is -2.58. The highest BCUT2D eigenvalue weighted by Crippen LogP contribution is 2.67. The van der Waals surface area contributed by atoms with Gasteiger partial charge in [-0.2, -0.15) is 0 Å². The number of phosphoric ester groups is 1.